The molecular formula is C19H29FN6O5P+. The number of anilines is 1. The van der Waals surface area contributed by atoms with Crippen molar-refractivity contribution in [3.8, 4) is 0 Å². The maximum atomic E-state index is 15.7. The second-order valence-corrected chi connectivity index (χ2v) is 9.57. The van der Waals surface area contributed by atoms with Crippen molar-refractivity contribution >= 4 is 31.1 Å². The van der Waals surface area contributed by atoms with Crippen LogP contribution < -0.4 is 10.8 Å². The number of hydrogen-bond acceptors (Lipinski definition) is 9. The number of nitrogen functional groups attached to an aromatic ring is 1. The number of carbonyl (C=O) groups excluding carboxylic acids is 1. The molecule has 0 radical (unpaired) electrons. The molecule has 3 rings (SSSR count). The summed E-state index contributed by atoms with van der Waals surface area (Å²) in [7, 11) is -2.45. The number of carbonyl (C=O) groups is 1. The van der Waals surface area contributed by atoms with Crippen LogP contribution in [0.3, 0.4) is 0 Å². The van der Waals surface area contributed by atoms with Crippen molar-refractivity contribution in [2.24, 2.45) is 11.8 Å². The van der Waals surface area contributed by atoms with Crippen LogP contribution in [0.2, 0.25) is 0 Å². The van der Waals surface area contributed by atoms with Gasteiger partial charge in [-0.05, 0) is 38.2 Å². The zero-order valence-corrected chi connectivity index (χ0v) is 19.5. The minimum atomic E-state index is -2.45. The van der Waals surface area contributed by atoms with Crippen molar-refractivity contribution in [1.29, 1.82) is 0 Å². The van der Waals surface area contributed by atoms with Crippen molar-refractivity contribution < 1.29 is 28.1 Å². The van der Waals surface area contributed by atoms with Crippen LogP contribution in [0.5, 0.6) is 0 Å². The third-order valence-corrected chi connectivity index (χ3v) is 6.79. The Balaban J connectivity index is 1.72. The number of aliphatic hydroxyl groups is 1. The molecule has 2 aromatic heterocycles. The quantitative estimate of drug-likeness (QED) is 0.384. The minimum absolute atomic E-state index is 0.175. The normalized spacial score (nSPS) is 29.4. The van der Waals surface area contributed by atoms with Crippen molar-refractivity contribution in [3.63, 3.8) is 0 Å². The summed E-state index contributed by atoms with van der Waals surface area (Å²) in [4.78, 5) is 24.1. The fraction of sp³-hybridized carbons (Fsp3) is 0.684. The van der Waals surface area contributed by atoms with E-state index in [1.165, 1.54) is 26.5 Å². The molecule has 4 N–H and O–H groups in total. The molecule has 0 aliphatic heterocycles. The van der Waals surface area contributed by atoms with E-state index in [1.807, 2.05) is 0 Å². The third kappa shape index (κ3) is 4.59. The van der Waals surface area contributed by atoms with E-state index in [2.05, 4.69) is 20.0 Å². The molecule has 11 nitrogen and oxygen atoms in total. The number of halogens is 1. The number of fused-ring (bicyclic) bond motifs is 1. The minimum Gasteiger partial charge on any atom is -0.462 e. The first kappa shape index (κ1) is 24.4. The van der Waals surface area contributed by atoms with Crippen LogP contribution in [0.25, 0.3) is 11.2 Å². The summed E-state index contributed by atoms with van der Waals surface area (Å²) in [5.74, 6) is -1.50. The molecule has 2 heterocycles. The second-order valence-electron chi connectivity index (χ2n) is 8.54. The Labute approximate surface area is 185 Å². The van der Waals surface area contributed by atoms with Gasteiger partial charge in [0.05, 0.1) is 24.6 Å². The highest BCUT2D eigenvalue weighted by Crippen LogP contribution is 2.51. The second kappa shape index (κ2) is 9.30. The van der Waals surface area contributed by atoms with Crippen LogP contribution in [0.1, 0.15) is 40.7 Å². The Bertz CT molecular complexity index is 1000. The Morgan fingerprint density at radius 2 is 2.09 bits per heavy atom. The molecule has 176 valence electrons. The van der Waals surface area contributed by atoms with E-state index < -0.39 is 49.8 Å². The van der Waals surface area contributed by atoms with Crippen molar-refractivity contribution in [2.75, 3.05) is 12.3 Å². The van der Waals surface area contributed by atoms with Crippen molar-refractivity contribution in [1.82, 2.24) is 24.6 Å². The smallest absolute Gasteiger partial charge is 0.462 e. The predicted octanol–water partition coefficient (Wildman–Crippen LogP) is 1.91. The summed E-state index contributed by atoms with van der Waals surface area (Å²) in [5.41, 5.74) is 4.49. The number of nitrogens with one attached hydrogen (secondary N) is 1. The lowest BCUT2D eigenvalue weighted by Crippen LogP contribution is -2.39. The molecule has 0 bridgehead atoms. The van der Waals surface area contributed by atoms with E-state index in [0.29, 0.717) is 11.2 Å². The van der Waals surface area contributed by atoms with Crippen LogP contribution in [-0.4, -0.2) is 61.1 Å². The number of imidazole rings is 1. The Morgan fingerprint density at radius 1 is 1.41 bits per heavy atom. The van der Waals surface area contributed by atoms with Crippen LogP contribution >= 0.6 is 8.18 Å². The highest BCUT2D eigenvalue weighted by molar-refractivity contribution is 7.36. The fourth-order valence-corrected chi connectivity index (χ4v) is 5.01. The van der Waals surface area contributed by atoms with Gasteiger partial charge in [0.1, 0.15) is 24.5 Å². The van der Waals surface area contributed by atoms with E-state index in [1.54, 1.807) is 25.3 Å². The maximum Gasteiger partial charge on any atom is 0.613 e. The number of nitrogens with zero attached hydrogens (tertiary/aromatic N) is 4. The van der Waals surface area contributed by atoms with Crippen LogP contribution in [0, 0.1) is 11.8 Å². The summed E-state index contributed by atoms with van der Waals surface area (Å²) in [6, 6.07) is -1.68. The maximum absolute atomic E-state index is 15.7. The van der Waals surface area contributed by atoms with Crippen molar-refractivity contribution in [2.45, 2.75) is 64.6 Å². The predicted molar refractivity (Wildman–Crippen MR) is 114 cm³/mol. The van der Waals surface area contributed by atoms with Crippen LogP contribution in [0.15, 0.2) is 12.7 Å². The zero-order valence-electron chi connectivity index (χ0n) is 18.6. The molecule has 32 heavy (non-hydrogen) atoms. The molecule has 2 aromatic rings. The molecule has 0 spiro atoms. The summed E-state index contributed by atoms with van der Waals surface area (Å²) in [6.45, 7) is 7.80. The zero-order chi connectivity index (χ0) is 23.8. The van der Waals surface area contributed by atoms with Gasteiger partial charge in [-0.25, -0.2) is 19.3 Å². The van der Waals surface area contributed by atoms with Gasteiger partial charge in [0.25, 0.3) is 0 Å². The van der Waals surface area contributed by atoms with E-state index in [4.69, 9.17) is 15.0 Å². The average Bonchev–Trinajstić information content (AvgIpc) is 3.18. The summed E-state index contributed by atoms with van der Waals surface area (Å²) in [5, 5.41) is 13.2. The Kier molecular flexibility index (Phi) is 7.09. The first-order chi connectivity index (χ1) is 14.9. The monoisotopic (exact) mass is 471 g/mol. The summed E-state index contributed by atoms with van der Waals surface area (Å²) < 4.78 is 40.0. The molecule has 13 heteroatoms. The SMILES string of the molecule is CC(C)OC(=O)[C@H](C)N[P+](=O)OCC1C(C)[C@@H](n2cnc3c(N)ncnc32)[C@](C)(F)[C@@H]1O. The number of aromatic nitrogens is 4. The Morgan fingerprint density at radius 3 is 2.75 bits per heavy atom. The molecule has 0 saturated heterocycles. The van der Waals surface area contributed by atoms with Gasteiger partial charge in [-0.15, -0.1) is 4.52 Å². The molecule has 3 unspecified atom stereocenters. The number of ether oxygens (including phenoxy) is 1. The summed E-state index contributed by atoms with van der Waals surface area (Å²) in [6.07, 6.45) is 0.989. The lowest BCUT2D eigenvalue weighted by molar-refractivity contribution is -0.149. The number of esters is 1. The van der Waals surface area contributed by atoms with Gasteiger partial charge in [0.15, 0.2) is 17.1 Å². The summed E-state index contributed by atoms with van der Waals surface area (Å²) >= 11 is 0. The van der Waals surface area contributed by atoms with Gasteiger partial charge in [0, 0.05) is 5.92 Å². The molecule has 7 atom stereocenters. The standard InChI is InChI=1S/C19H29FN6O5P/c1-9(2)31-18(28)11(4)25-32(29)30-6-12-10(3)14(19(5,20)15(12)27)26-8-24-13-16(21)22-7-23-17(13)26/h7-12,14-15,27H,6H2,1-5H3,(H,25,29)(H2,21,22,23)/q+1/t10?,11-,12?,14+,15+,19-/m0/s1. The van der Waals surface area contributed by atoms with E-state index >= 15 is 4.39 Å². The lowest BCUT2D eigenvalue weighted by Gasteiger charge is -2.28. The van der Waals surface area contributed by atoms with E-state index in [0.717, 1.165) is 0 Å². The number of rotatable bonds is 8. The van der Waals surface area contributed by atoms with Gasteiger partial charge < -0.3 is 20.1 Å². The molecule has 1 aliphatic carbocycles. The molecule has 1 aliphatic rings. The number of aliphatic hydroxyl groups excluding tert-OH is 1. The van der Waals surface area contributed by atoms with Gasteiger partial charge >= 0.3 is 14.1 Å². The highest BCUT2D eigenvalue weighted by Gasteiger charge is 2.58. The largest absolute Gasteiger partial charge is 0.613 e. The number of alkyl halides is 1. The third-order valence-electron chi connectivity index (χ3n) is 5.81. The molecule has 1 fully saturated rings. The number of nitrogens with two attached hydrogens (primary N) is 1. The van der Waals surface area contributed by atoms with Gasteiger partial charge in [-0.3, -0.25) is 4.79 Å². The fourth-order valence-electron chi connectivity index (χ4n) is 4.21. The molecule has 1 saturated carbocycles. The molecule has 0 aromatic carbocycles. The van der Waals surface area contributed by atoms with Gasteiger partial charge in [-0.1, -0.05) is 12.0 Å². The van der Waals surface area contributed by atoms with Crippen molar-refractivity contribution in [3.05, 3.63) is 12.7 Å². The molecular weight excluding hydrogens is 442 g/mol. The first-order valence-corrected chi connectivity index (χ1v) is 11.5. The number of hydrogen-bond donors (Lipinski definition) is 3. The van der Waals surface area contributed by atoms with E-state index in [9.17, 15) is 14.5 Å². The van der Waals surface area contributed by atoms with Gasteiger partial charge in [-0.2, -0.15) is 0 Å². The highest BCUT2D eigenvalue weighted by atomic mass is 31.1. The first-order valence-electron chi connectivity index (χ1n) is 10.3. The molecule has 0 amide bonds. The average molecular weight is 471 g/mol. The van der Waals surface area contributed by atoms with E-state index in [-0.39, 0.29) is 18.5 Å². The van der Waals surface area contributed by atoms with Crippen LogP contribution in [-0.2, 0) is 18.6 Å². The van der Waals surface area contributed by atoms with Gasteiger partial charge in [0.2, 0.25) is 0 Å². The van der Waals surface area contributed by atoms with Crippen LogP contribution in [0.4, 0.5) is 10.2 Å². The topological polar surface area (TPSA) is 154 Å². The lowest BCUT2D eigenvalue weighted by atomic mass is 9.95. The Hall–Kier alpha value is -2.27.